The van der Waals surface area contributed by atoms with E-state index >= 15 is 0 Å². The van der Waals surface area contributed by atoms with Gasteiger partial charge in [0.15, 0.2) is 11.5 Å². The zero-order chi connectivity index (χ0) is 23.7. The third kappa shape index (κ3) is 3.69. The number of nitriles is 1. The lowest BCUT2D eigenvalue weighted by Gasteiger charge is -2.15. The second-order valence-electron chi connectivity index (χ2n) is 7.50. The van der Waals surface area contributed by atoms with Gasteiger partial charge in [0.1, 0.15) is 11.4 Å². The zero-order valence-electron chi connectivity index (χ0n) is 18.2. The average molecular weight is 453 g/mol. The summed E-state index contributed by atoms with van der Waals surface area (Å²) in [5.74, 6) is 0.851. The number of fused-ring (bicyclic) bond motifs is 1. The number of nitrogens with one attached hydrogen (secondary N) is 1. The molecule has 168 valence electrons. The zero-order valence-corrected chi connectivity index (χ0v) is 18.2. The largest absolute Gasteiger partial charge is 0.494 e. The summed E-state index contributed by atoms with van der Waals surface area (Å²) in [7, 11) is 0. The van der Waals surface area contributed by atoms with Crippen LogP contribution in [0.2, 0.25) is 0 Å². The van der Waals surface area contributed by atoms with Gasteiger partial charge in [0.05, 0.1) is 29.5 Å². The van der Waals surface area contributed by atoms with Gasteiger partial charge < -0.3 is 19.5 Å². The Balaban J connectivity index is 1.56. The quantitative estimate of drug-likeness (QED) is 0.561. The predicted octanol–water partition coefficient (Wildman–Crippen LogP) is 4.08. The molecule has 0 aliphatic carbocycles. The van der Waals surface area contributed by atoms with Crippen molar-refractivity contribution in [3.8, 4) is 23.3 Å². The fraction of sp³-hybridized carbons (Fsp3) is 0.115. The molecule has 0 spiro atoms. The molecule has 0 aromatic heterocycles. The Morgan fingerprint density at radius 2 is 1.71 bits per heavy atom. The van der Waals surface area contributed by atoms with Crippen LogP contribution in [0.25, 0.3) is 5.57 Å². The van der Waals surface area contributed by atoms with Crippen molar-refractivity contribution in [2.45, 2.75) is 6.92 Å². The number of hydrogen-bond donors (Lipinski definition) is 1. The Morgan fingerprint density at radius 3 is 2.41 bits per heavy atom. The maximum absolute atomic E-state index is 13.5. The standard InChI is InChI=1S/C26H19N3O5/c1-2-32-20-10-5-17(6-11-20)23-24(28-18-7-12-21-22(13-18)34-15-33-21)26(31)29(25(23)30)19-8-3-16(14-27)4-9-19/h3-13,28H,2,15H2,1H3. The highest BCUT2D eigenvalue weighted by molar-refractivity contribution is 6.46. The maximum Gasteiger partial charge on any atom is 0.282 e. The summed E-state index contributed by atoms with van der Waals surface area (Å²) in [6.45, 7) is 2.53. The number of nitrogens with zero attached hydrogens (tertiary/aromatic N) is 2. The third-order valence-electron chi connectivity index (χ3n) is 5.43. The van der Waals surface area contributed by atoms with Crippen molar-refractivity contribution in [1.82, 2.24) is 0 Å². The minimum Gasteiger partial charge on any atom is -0.494 e. The molecule has 8 heteroatoms. The number of hydrogen-bond acceptors (Lipinski definition) is 7. The van der Waals surface area contributed by atoms with E-state index in [0.29, 0.717) is 46.4 Å². The van der Waals surface area contributed by atoms with Crippen LogP contribution in [0.4, 0.5) is 11.4 Å². The molecule has 0 unspecified atom stereocenters. The Kier molecular flexibility index (Phi) is 5.36. The number of rotatable bonds is 6. The molecule has 0 fully saturated rings. The summed E-state index contributed by atoms with van der Waals surface area (Å²) < 4.78 is 16.3. The highest BCUT2D eigenvalue weighted by atomic mass is 16.7. The highest BCUT2D eigenvalue weighted by Gasteiger charge is 2.40. The molecular formula is C26H19N3O5. The number of carbonyl (C=O) groups is 2. The lowest BCUT2D eigenvalue weighted by atomic mass is 10.0. The topological polar surface area (TPSA) is 101 Å². The molecule has 5 rings (SSSR count). The Bertz CT molecular complexity index is 1350. The van der Waals surface area contributed by atoms with Crippen LogP contribution in [0.3, 0.4) is 0 Å². The molecule has 0 bridgehead atoms. The fourth-order valence-corrected chi connectivity index (χ4v) is 3.84. The SMILES string of the molecule is CCOc1ccc(C2=C(Nc3ccc4c(c3)OCO4)C(=O)N(c3ccc(C#N)cc3)C2=O)cc1. The lowest BCUT2D eigenvalue weighted by molar-refractivity contribution is -0.120. The molecule has 2 heterocycles. The van der Waals surface area contributed by atoms with Crippen LogP contribution in [0, 0.1) is 11.3 Å². The first kappa shape index (κ1) is 21.1. The average Bonchev–Trinajstić information content (AvgIpc) is 3.42. The minimum absolute atomic E-state index is 0.128. The van der Waals surface area contributed by atoms with Crippen LogP contribution in [0.15, 0.2) is 72.4 Å². The van der Waals surface area contributed by atoms with Gasteiger partial charge in [0.2, 0.25) is 6.79 Å². The third-order valence-corrected chi connectivity index (χ3v) is 5.43. The first-order valence-corrected chi connectivity index (χ1v) is 10.6. The maximum atomic E-state index is 13.5. The molecule has 2 aliphatic heterocycles. The molecular weight excluding hydrogens is 434 g/mol. The van der Waals surface area contributed by atoms with E-state index in [2.05, 4.69) is 5.32 Å². The summed E-state index contributed by atoms with van der Waals surface area (Å²) in [4.78, 5) is 28.1. The van der Waals surface area contributed by atoms with Crippen molar-refractivity contribution in [3.05, 3.63) is 83.6 Å². The van der Waals surface area contributed by atoms with Crippen LogP contribution >= 0.6 is 0 Å². The molecule has 3 aromatic carbocycles. The summed E-state index contributed by atoms with van der Waals surface area (Å²) in [5.41, 5.74) is 2.32. The molecule has 0 saturated carbocycles. The van der Waals surface area contributed by atoms with E-state index in [9.17, 15) is 9.59 Å². The van der Waals surface area contributed by atoms with Gasteiger partial charge in [-0.25, -0.2) is 4.90 Å². The summed E-state index contributed by atoms with van der Waals surface area (Å²) >= 11 is 0. The molecule has 8 nitrogen and oxygen atoms in total. The molecule has 0 saturated heterocycles. The second-order valence-corrected chi connectivity index (χ2v) is 7.50. The van der Waals surface area contributed by atoms with Gasteiger partial charge in [-0.05, 0) is 61.0 Å². The molecule has 3 aromatic rings. The molecule has 2 aliphatic rings. The molecule has 2 amide bonds. The van der Waals surface area contributed by atoms with E-state index in [-0.39, 0.29) is 18.1 Å². The van der Waals surface area contributed by atoms with Crippen LogP contribution < -0.4 is 24.4 Å². The van der Waals surface area contributed by atoms with Gasteiger partial charge in [-0.2, -0.15) is 5.26 Å². The van der Waals surface area contributed by atoms with Crippen LogP contribution in [-0.4, -0.2) is 25.2 Å². The van der Waals surface area contributed by atoms with Crippen molar-refractivity contribution in [2.75, 3.05) is 23.6 Å². The number of amides is 2. The summed E-state index contributed by atoms with van der Waals surface area (Å²) in [6, 6.07) is 20.5. The van der Waals surface area contributed by atoms with E-state index in [1.165, 1.54) is 0 Å². The van der Waals surface area contributed by atoms with Gasteiger partial charge >= 0.3 is 0 Å². The van der Waals surface area contributed by atoms with E-state index in [1.807, 2.05) is 13.0 Å². The van der Waals surface area contributed by atoms with Gasteiger partial charge in [0, 0.05) is 11.8 Å². The van der Waals surface area contributed by atoms with Crippen LogP contribution in [0.1, 0.15) is 18.1 Å². The van der Waals surface area contributed by atoms with Gasteiger partial charge in [-0.15, -0.1) is 0 Å². The van der Waals surface area contributed by atoms with E-state index in [4.69, 9.17) is 19.5 Å². The fourth-order valence-electron chi connectivity index (χ4n) is 3.84. The molecule has 1 N–H and O–H groups in total. The Morgan fingerprint density at radius 1 is 0.971 bits per heavy atom. The van der Waals surface area contributed by atoms with E-state index in [0.717, 1.165) is 4.90 Å². The number of imide groups is 1. The normalized spacial score (nSPS) is 14.4. The smallest absolute Gasteiger partial charge is 0.282 e. The van der Waals surface area contributed by atoms with E-state index < -0.39 is 11.8 Å². The second kappa shape index (κ2) is 8.64. The first-order valence-electron chi connectivity index (χ1n) is 10.6. The van der Waals surface area contributed by atoms with Crippen molar-refractivity contribution < 1.29 is 23.8 Å². The van der Waals surface area contributed by atoms with Crippen molar-refractivity contribution in [1.29, 1.82) is 5.26 Å². The molecule has 0 atom stereocenters. The molecule has 0 radical (unpaired) electrons. The van der Waals surface area contributed by atoms with Crippen molar-refractivity contribution in [2.24, 2.45) is 0 Å². The minimum atomic E-state index is -0.503. The first-order chi connectivity index (χ1) is 16.6. The van der Waals surface area contributed by atoms with Gasteiger partial charge in [-0.3, -0.25) is 9.59 Å². The van der Waals surface area contributed by atoms with E-state index in [1.54, 1.807) is 66.7 Å². The predicted molar refractivity (Wildman–Crippen MR) is 124 cm³/mol. The number of ether oxygens (including phenoxy) is 3. The molecule has 34 heavy (non-hydrogen) atoms. The summed E-state index contributed by atoms with van der Waals surface area (Å²) in [5, 5.41) is 12.2. The number of benzene rings is 3. The van der Waals surface area contributed by atoms with Crippen LogP contribution in [-0.2, 0) is 9.59 Å². The Labute approximate surface area is 195 Å². The summed E-state index contributed by atoms with van der Waals surface area (Å²) in [6.07, 6.45) is 0. The monoisotopic (exact) mass is 453 g/mol. The van der Waals surface area contributed by atoms with Crippen molar-refractivity contribution >= 4 is 28.8 Å². The Hall–Kier alpha value is -4.77. The van der Waals surface area contributed by atoms with Crippen molar-refractivity contribution in [3.63, 3.8) is 0 Å². The van der Waals surface area contributed by atoms with Crippen LogP contribution in [0.5, 0.6) is 17.2 Å². The lowest BCUT2D eigenvalue weighted by Crippen LogP contribution is -2.32. The highest BCUT2D eigenvalue weighted by Crippen LogP contribution is 2.38. The number of anilines is 2. The van der Waals surface area contributed by atoms with Gasteiger partial charge in [-0.1, -0.05) is 12.1 Å². The van der Waals surface area contributed by atoms with Gasteiger partial charge in [0.25, 0.3) is 11.8 Å². The number of carbonyl (C=O) groups excluding carboxylic acids is 2.